The number of nitrogens with two attached hydrogens (primary N) is 1. The van der Waals surface area contributed by atoms with Gasteiger partial charge in [0.2, 0.25) is 5.91 Å². The number of benzene rings is 1. The monoisotopic (exact) mass is 550 g/mol. The maximum Gasteiger partial charge on any atom is 0.301 e. The quantitative estimate of drug-likeness (QED) is 0.110. The third-order valence-electron chi connectivity index (χ3n) is 5.70. The molecule has 0 spiro atoms. The van der Waals surface area contributed by atoms with Gasteiger partial charge in [-0.05, 0) is 6.07 Å². The van der Waals surface area contributed by atoms with E-state index in [1.54, 1.807) is 4.72 Å². The number of para-hydroxylation sites is 1. The highest BCUT2D eigenvalue weighted by Crippen LogP contribution is 2.31. The Hall–Kier alpha value is -4.10. The molecule has 38 heavy (non-hydrogen) atoms. The highest BCUT2D eigenvalue weighted by molar-refractivity contribution is 7.88. The number of fused-ring (bicyclic) bond motifs is 1. The van der Waals surface area contributed by atoms with E-state index < -0.39 is 76.4 Å². The van der Waals surface area contributed by atoms with Gasteiger partial charge in [-0.2, -0.15) is 13.1 Å². The van der Waals surface area contributed by atoms with E-state index in [9.17, 15) is 38.3 Å². The van der Waals surface area contributed by atoms with Gasteiger partial charge in [-0.1, -0.05) is 12.1 Å². The fourth-order valence-electron chi connectivity index (χ4n) is 3.84. The molecule has 1 fully saturated rings. The number of nitro benzene ring substituents is 1. The molecule has 18 heteroatoms. The summed E-state index contributed by atoms with van der Waals surface area (Å²) in [5.74, 6) is -1.66. The van der Waals surface area contributed by atoms with Gasteiger partial charge in [-0.15, -0.1) is 0 Å². The SMILES string of the molecule is Nc1ncnc2c1ncn2C1O[C@H](CNS(=O)(=O)NC(=O)CCC(=O)c2ccccc2[N+](=O)[O-])[C@@H](O)[C@H]1O. The van der Waals surface area contributed by atoms with E-state index in [1.165, 1.54) is 35.4 Å². The number of nitrogens with one attached hydrogen (secondary N) is 2. The minimum Gasteiger partial charge on any atom is -0.387 e. The molecule has 1 aliphatic rings. The Morgan fingerprint density at radius 3 is 2.63 bits per heavy atom. The molecule has 6 N–H and O–H groups in total. The molecule has 202 valence electrons. The van der Waals surface area contributed by atoms with Gasteiger partial charge in [0, 0.05) is 25.5 Å². The van der Waals surface area contributed by atoms with Gasteiger partial charge in [0.1, 0.15) is 30.2 Å². The molecule has 2 aromatic heterocycles. The van der Waals surface area contributed by atoms with Crippen LogP contribution < -0.4 is 15.2 Å². The number of Topliss-reactive ketones (excluding diaryl/α,β-unsaturated/α-hetero) is 1. The van der Waals surface area contributed by atoms with Gasteiger partial charge in [0.25, 0.3) is 5.69 Å². The first-order chi connectivity index (χ1) is 18.0. The summed E-state index contributed by atoms with van der Waals surface area (Å²) >= 11 is 0. The molecule has 1 saturated heterocycles. The van der Waals surface area contributed by atoms with Crippen molar-refractivity contribution in [3.8, 4) is 0 Å². The lowest BCUT2D eigenvalue weighted by Gasteiger charge is -2.16. The molecule has 17 nitrogen and oxygen atoms in total. The lowest BCUT2D eigenvalue weighted by Crippen LogP contribution is -2.45. The summed E-state index contributed by atoms with van der Waals surface area (Å²) in [6.45, 7) is -0.532. The van der Waals surface area contributed by atoms with Crippen LogP contribution in [0.1, 0.15) is 29.4 Å². The summed E-state index contributed by atoms with van der Waals surface area (Å²) in [6.07, 6.45) is -3.99. The first-order valence-corrected chi connectivity index (χ1v) is 12.5. The molecule has 3 aromatic rings. The van der Waals surface area contributed by atoms with Gasteiger partial charge in [-0.3, -0.25) is 24.3 Å². The predicted octanol–water partition coefficient (Wildman–Crippen LogP) is -1.45. The van der Waals surface area contributed by atoms with Crippen LogP contribution in [-0.4, -0.2) is 79.6 Å². The number of imidazole rings is 1. The number of hydrogen-bond donors (Lipinski definition) is 5. The zero-order chi connectivity index (χ0) is 27.6. The minimum absolute atomic E-state index is 0.0885. The molecule has 1 unspecified atom stereocenters. The van der Waals surface area contributed by atoms with Crippen LogP contribution in [0.3, 0.4) is 0 Å². The zero-order valence-electron chi connectivity index (χ0n) is 19.4. The molecule has 0 saturated carbocycles. The van der Waals surface area contributed by atoms with Crippen LogP contribution in [0.15, 0.2) is 36.9 Å². The van der Waals surface area contributed by atoms with E-state index in [0.29, 0.717) is 0 Å². The number of ketones is 1. The van der Waals surface area contributed by atoms with Gasteiger partial charge < -0.3 is 20.7 Å². The van der Waals surface area contributed by atoms with Crippen molar-refractivity contribution in [2.45, 2.75) is 37.4 Å². The summed E-state index contributed by atoms with van der Waals surface area (Å²) in [4.78, 5) is 46.6. The van der Waals surface area contributed by atoms with Crippen molar-refractivity contribution in [2.24, 2.45) is 0 Å². The Labute approximate surface area is 214 Å². The van der Waals surface area contributed by atoms with Crippen LogP contribution in [0.2, 0.25) is 0 Å². The second-order valence-corrected chi connectivity index (χ2v) is 9.70. The lowest BCUT2D eigenvalue weighted by atomic mass is 10.0. The first kappa shape index (κ1) is 26.9. The number of aromatic nitrogens is 4. The summed E-state index contributed by atoms with van der Waals surface area (Å²) in [5.41, 5.74) is 5.57. The van der Waals surface area contributed by atoms with Gasteiger partial charge in [-0.25, -0.2) is 19.7 Å². The topological polar surface area (TPSA) is 255 Å². The lowest BCUT2D eigenvalue weighted by molar-refractivity contribution is -0.385. The molecular weight excluding hydrogens is 528 g/mol. The minimum atomic E-state index is -4.45. The summed E-state index contributed by atoms with van der Waals surface area (Å²) in [7, 11) is -4.45. The van der Waals surface area contributed by atoms with Gasteiger partial charge in [0.15, 0.2) is 23.5 Å². The van der Waals surface area contributed by atoms with Crippen LogP contribution in [0, 0.1) is 10.1 Å². The summed E-state index contributed by atoms with van der Waals surface area (Å²) in [5, 5.41) is 31.9. The Balaban J connectivity index is 1.32. The number of nitrogen functional groups attached to an aromatic ring is 1. The number of aliphatic hydroxyl groups excluding tert-OH is 2. The Morgan fingerprint density at radius 1 is 1.16 bits per heavy atom. The van der Waals surface area contributed by atoms with E-state index in [2.05, 4.69) is 15.0 Å². The third kappa shape index (κ3) is 5.58. The van der Waals surface area contributed by atoms with Crippen LogP contribution in [0.5, 0.6) is 0 Å². The fraction of sp³-hybridized carbons (Fsp3) is 0.350. The van der Waals surface area contributed by atoms with Crippen molar-refractivity contribution >= 4 is 44.6 Å². The maximum atomic E-state index is 12.3. The second kappa shape index (κ2) is 10.7. The third-order valence-corrected chi connectivity index (χ3v) is 6.74. The molecule has 4 rings (SSSR count). The molecule has 0 bridgehead atoms. The van der Waals surface area contributed by atoms with Crippen molar-refractivity contribution in [3.63, 3.8) is 0 Å². The fourth-order valence-corrected chi connectivity index (χ4v) is 4.70. The normalized spacial score (nSPS) is 21.4. The van der Waals surface area contributed by atoms with Crippen LogP contribution >= 0.6 is 0 Å². The van der Waals surface area contributed by atoms with Gasteiger partial charge >= 0.3 is 10.2 Å². The Morgan fingerprint density at radius 2 is 1.89 bits per heavy atom. The number of hydrogen-bond acceptors (Lipinski definition) is 13. The number of aliphatic hydroxyl groups is 2. The van der Waals surface area contributed by atoms with Crippen molar-refractivity contribution < 1.29 is 37.9 Å². The highest BCUT2D eigenvalue weighted by Gasteiger charge is 2.44. The van der Waals surface area contributed by atoms with Gasteiger partial charge in [0.05, 0.1) is 16.8 Å². The highest BCUT2D eigenvalue weighted by atomic mass is 32.2. The number of rotatable bonds is 10. The van der Waals surface area contributed by atoms with E-state index >= 15 is 0 Å². The molecule has 0 aliphatic carbocycles. The molecule has 4 atom stereocenters. The number of ether oxygens (including phenoxy) is 1. The van der Waals surface area contributed by atoms with Crippen LogP contribution in [-0.2, 0) is 19.7 Å². The number of nitro groups is 1. The maximum absolute atomic E-state index is 12.3. The van der Waals surface area contributed by atoms with Crippen molar-refractivity contribution in [1.29, 1.82) is 0 Å². The van der Waals surface area contributed by atoms with Crippen LogP contribution in [0.25, 0.3) is 11.2 Å². The zero-order valence-corrected chi connectivity index (χ0v) is 20.2. The predicted molar refractivity (Wildman–Crippen MR) is 127 cm³/mol. The average Bonchev–Trinajstić information content (AvgIpc) is 3.42. The first-order valence-electron chi connectivity index (χ1n) is 11.0. The summed E-state index contributed by atoms with van der Waals surface area (Å²) < 4.78 is 35.3. The Kier molecular flexibility index (Phi) is 7.60. The van der Waals surface area contributed by atoms with Crippen molar-refractivity contribution in [2.75, 3.05) is 12.3 Å². The number of amides is 1. The van der Waals surface area contributed by atoms with Crippen molar-refractivity contribution in [3.05, 3.63) is 52.6 Å². The summed E-state index contributed by atoms with van der Waals surface area (Å²) in [6, 6.07) is 5.18. The smallest absolute Gasteiger partial charge is 0.301 e. The van der Waals surface area contributed by atoms with Crippen molar-refractivity contribution in [1.82, 2.24) is 29.0 Å². The van der Waals surface area contributed by atoms with E-state index in [4.69, 9.17) is 10.5 Å². The number of nitrogens with zero attached hydrogens (tertiary/aromatic N) is 5. The standard InChI is InChI=1S/C20H22N8O9S/c21-18-15-19(23-8-22-18)27(9-24-15)20-17(32)16(31)13(37-20)7-25-38(35,36)26-14(30)6-5-12(29)10-3-1-2-4-11(10)28(33)34/h1-4,8-9,13,16-17,20,25,31-32H,5-7H2,(H,26,30)(H2,21,22,23)/t13-,16-,17-,20?/m1/s1. The molecule has 0 radical (unpaired) electrons. The Bertz CT molecular complexity index is 1490. The molecular formula is C20H22N8O9S. The second-order valence-electron chi connectivity index (χ2n) is 8.20. The molecule has 1 aliphatic heterocycles. The largest absolute Gasteiger partial charge is 0.387 e. The van der Waals surface area contributed by atoms with E-state index in [1.807, 2.05) is 4.72 Å². The number of anilines is 1. The number of carbonyl (C=O) groups excluding carboxylic acids is 2. The average molecular weight is 551 g/mol. The number of carbonyl (C=O) groups is 2. The van der Waals surface area contributed by atoms with E-state index in [-0.39, 0.29) is 22.5 Å². The molecule has 1 aromatic carbocycles. The van der Waals surface area contributed by atoms with Crippen LogP contribution in [0.4, 0.5) is 11.5 Å². The molecule has 3 heterocycles. The van der Waals surface area contributed by atoms with E-state index in [0.717, 1.165) is 6.07 Å². The molecule has 1 amide bonds.